The number of benzene rings is 1. The van der Waals surface area contributed by atoms with Crippen LogP contribution in [0.2, 0.25) is 5.02 Å². The first-order valence-electron chi connectivity index (χ1n) is 8.74. The Labute approximate surface area is 182 Å². The molecule has 2 atom stereocenters. The van der Waals surface area contributed by atoms with Crippen molar-refractivity contribution in [2.45, 2.75) is 38.5 Å². The van der Waals surface area contributed by atoms with Gasteiger partial charge in [0, 0.05) is 38.2 Å². The minimum absolute atomic E-state index is 0. The van der Waals surface area contributed by atoms with E-state index in [1.165, 1.54) is 0 Å². The van der Waals surface area contributed by atoms with Crippen LogP contribution in [0.15, 0.2) is 29.3 Å². The van der Waals surface area contributed by atoms with E-state index < -0.39 is 0 Å². The SMILES string of the molecule is CN=C(NCC(OC)c1cccc(Cl)c1)NC1CCc2nc(C)nn2C1.I. The topological polar surface area (TPSA) is 76.4 Å². The van der Waals surface area contributed by atoms with Crippen LogP contribution >= 0.6 is 35.6 Å². The third kappa shape index (κ3) is 5.79. The highest BCUT2D eigenvalue weighted by atomic mass is 127. The summed E-state index contributed by atoms with van der Waals surface area (Å²) < 4.78 is 7.58. The van der Waals surface area contributed by atoms with Crippen LogP contribution in [0.4, 0.5) is 0 Å². The summed E-state index contributed by atoms with van der Waals surface area (Å²) in [4.78, 5) is 8.78. The molecule has 1 aromatic carbocycles. The van der Waals surface area contributed by atoms with Gasteiger partial charge in [0.05, 0.1) is 12.6 Å². The molecular formula is C18H26ClIN6O. The Bertz CT molecular complexity index is 781. The molecule has 1 aliphatic rings. The number of hydrogen-bond acceptors (Lipinski definition) is 4. The molecule has 1 aliphatic heterocycles. The Morgan fingerprint density at radius 1 is 1.48 bits per heavy atom. The van der Waals surface area contributed by atoms with Gasteiger partial charge in [-0.15, -0.1) is 24.0 Å². The van der Waals surface area contributed by atoms with Crippen LogP contribution in [0.25, 0.3) is 0 Å². The monoisotopic (exact) mass is 504 g/mol. The van der Waals surface area contributed by atoms with E-state index in [0.29, 0.717) is 11.6 Å². The van der Waals surface area contributed by atoms with Gasteiger partial charge < -0.3 is 15.4 Å². The minimum atomic E-state index is -0.108. The van der Waals surface area contributed by atoms with Gasteiger partial charge in [-0.25, -0.2) is 9.67 Å². The molecule has 0 fully saturated rings. The summed E-state index contributed by atoms with van der Waals surface area (Å²) in [6.45, 7) is 3.31. The van der Waals surface area contributed by atoms with Gasteiger partial charge in [0.15, 0.2) is 5.96 Å². The van der Waals surface area contributed by atoms with Crippen LogP contribution in [-0.2, 0) is 17.7 Å². The van der Waals surface area contributed by atoms with Crippen LogP contribution in [-0.4, -0.2) is 47.5 Å². The first-order chi connectivity index (χ1) is 12.6. The van der Waals surface area contributed by atoms with Gasteiger partial charge in [-0.3, -0.25) is 4.99 Å². The summed E-state index contributed by atoms with van der Waals surface area (Å²) in [5.41, 5.74) is 1.03. The summed E-state index contributed by atoms with van der Waals surface area (Å²) in [6, 6.07) is 7.98. The predicted octanol–water partition coefficient (Wildman–Crippen LogP) is 2.73. The molecule has 9 heteroatoms. The molecule has 3 rings (SSSR count). The van der Waals surface area contributed by atoms with Crippen molar-refractivity contribution >= 4 is 41.5 Å². The average molecular weight is 505 g/mol. The molecule has 2 heterocycles. The average Bonchev–Trinajstić information content (AvgIpc) is 3.00. The lowest BCUT2D eigenvalue weighted by Crippen LogP contribution is -2.48. The Morgan fingerprint density at radius 3 is 3.00 bits per heavy atom. The Morgan fingerprint density at radius 2 is 2.30 bits per heavy atom. The third-order valence-electron chi connectivity index (χ3n) is 4.49. The van der Waals surface area contributed by atoms with E-state index in [-0.39, 0.29) is 36.1 Å². The molecule has 148 valence electrons. The maximum Gasteiger partial charge on any atom is 0.191 e. The molecule has 0 aliphatic carbocycles. The van der Waals surface area contributed by atoms with Gasteiger partial charge in [-0.2, -0.15) is 5.10 Å². The smallest absolute Gasteiger partial charge is 0.191 e. The zero-order chi connectivity index (χ0) is 18.5. The molecule has 0 radical (unpaired) electrons. The number of aryl methyl sites for hydroxylation is 2. The molecule has 2 unspecified atom stereocenters. The lowest BCUT2D eigenvalue weighted by molar-refractivity contribution is 0.106. The first kappa shape index (κ1) is 21.9. The van der Waals surface area contributed by atoms with Crippen molar-refractivity contribution in [3.63, 3.8) is 0 Å². The van der Waals surface area contributed by atoms with Crippen LogP contribution in [0.1, 0.15) is 29.7 Å². The second kappa shape index (κ2) is 10.2. The van der Waals surface area contributed by atoms with Crippen molar-refractivity contribution in [2.75, 3.05) is 20.7 Å². The second-order valence-corrected chi connectivity index (χ2v) is 6.81. The highest BCUT2D eigenvalue weighted by Gasteiger charge is 2.22. The van der Waals surface area contributed by atoms with Crippen LogP contribution in [0.5, 0.6) is 0 Å². The first-order valence-corrected chi connectivity index (χ1v) is 9.12. The number of hydrogen-bond donors (Lipinski definition) is 2. The zero-order valence-electron chi connectivity index (χ0n) is 15.8. The van der Waals surface area contributed by atoms with Crippen molar-refractivity contribution in [2.24, 2.45) is 4.99 Å². The fourth-order valence-corrected chi connectivity index (χ4v) is 3.37. The summed E-state index contributed by atoms with van der Waals surface area (Å²) >= 11 is 6.08. The standard InChI is InChI=1S/C18H25ClN6O.HI/c1-12-22-17-8-7-15(11-25(17)24-12)23-18(20-2)21-10-16(26-3)13-5-4-6-14(19)9-13;/h4-6,9,15-16H,7-8,10-11H2,1-3H3,(H2,20,21,23);1H. The number of methoxy groups -OCH3 is 1. The molecular weight excluding hydrogens is 479 g/mol. The molecule has 0 amide bonds. The van der Waals surface area contributed by atoms with Crippen LogP contribution in [0.3, 0.4) is 0 Å². The zero-order valence-corrected chi connectivity index (χ0v) is 18.9. The van der Waals surface area contributed by atoms with Crippen molar-refractivity contribution in [1.82, 2.24) is 25.4 Å². The van der Waals surface area contributed by atoms with E-state index in [1.54, 1.807) is 14.2 Å². The van der Waals surface area contributed by atoms with Gasteiger partial charge in [0.2, 0.25) is 0 Å². The van der Waals surface area contributed by atoms with E-state index in [1.807, 2.05) is 35.9 Å². The highest BCUT2D eigenvalue weighted by Crippen LogP contribution is 2.19. The minimum Gasteiger partial charge on any atom is -0.375 e. The number of halogens is 2. The molecule has 0 bridgehead atoms. The fourth-order valence-electron chi connectivity index (χ4n) is 3.17. The maximum atomic E-state index is 6.08. The number of aromatic nitrogens is 3. The van der Waals surface area contributed by atoms with Crippen molar-refractivity contribution in [1.29, 1.82) is 0 Å². The molecule has 0 saturated heterocycles. The van der Waals surface area contributed by atoms with Crippen molar-refractivity contribution in [3.05, 3.63) is 46.5 Å². The Kier molecular flexibility index (Phi) is 8.30. The van der Waals surface area contributed by atoms with E-state index in [2.05, 4.69) is 25.7 Å². The van der Waals surface area contributed by atoms with Crippen molar-refractivity contribution in [3.8, 4) is 0 Å². The van der Waals surface area contributed by atoms with Gasteiger partial charge in [-0.05, 0) is 31.0 Å². The van der Waals surface area contributed by atoms with Gasteiger partial charge in [0.25, 0.3) is 0 Å². The molecule has 27 heavy (non-hydrogen) atoms. The normalized spacial score (nSPS) is 17.6. The molecule has 1 aromatic heterocycles. The number of guanidine groups is 1. The van der Waals surface area contributed by atoms with E-state index >= 15 is 0 Å². The second-order valence-electron chi connectivity index (χ2n) is 6.37. The predicted molar refractivity (Wildman–Crippen MR) is 118 cm³/mol. The number of nitrogens with one attached hydrogen (secondary N) is 2. The van der Waals surface area contributed by atoms with E-state index in [9.17, 15) is 0 Å². The largest absolute Gasteiger partial charge is 0.375 e. The maximum absolute atomic E-state index is 6.08. The summed E-state index contributed by atoms with van der Waals surface area (Å²) in [5.74, 6) is 2.64. The summed E-state index contributed by atoms with van der Waals surface area (Å²) in [7, 11) is 3.46. The quantitative estimate of drug-likeness (QED) is 0.372. The van der Waals surface area contributed by atoms with Crippen LogP contribution in [0, 0.1) is 6.92 Å². The molecule has 2 N–H and O–H groups in total. The number of ether oxygens (including phenoxy) is 1. The van der Waals surface area contributed by atoms with Crippen LogP contribution < -0.4 is 10.6 Å². The summed E-state index contributed by atoms with van der Waals surface area (Å²) in [5, 5.41) is 12.0. The van der Waals surface area contributed by atoms with E-state index in [4.69, 9.17) is 16.3 Å². The molecule has 7 nitrogen and oxygen atoms in total. The highest BCUT2D eigenvalue weighted by molar-refractivity contribution is 14.0. The third-order valence-corrected chi connectivity index (χ3v) is 4.72. The van der Waals surface area contributed by atoms with Gasteiger partial charge >= 0.3 is 0 Å². The Hall–Kier alpha value is -1.39. The van der Waals surface area contributed by atoms with Crippen molar-refractivity contribution < 1.29 is 4.74 Å². The number of nitrogens with zero attached hydrogens (tertiary/aromatic N) is 4. The lowest BCUT2D eigenvalue weighted by Gasteiger charge is -2.26. The van der Waals surface area contributed by atoms with Gasteiger partial charge in [0.1, 0.15) is 11.6 Å². The van der Waals surface area contributed by atoms with E-state index in [0.717, 1.165) is 42.6 Å². The lowest BCUT2D eigenvalue weighted by atomic mass is 10.1. The van der Waals surface area contributed by atoms with Gasteiger partial charge in [-0.1, -0.05) is 23.7 Å². The molecule has 2 aromatic rings. The number of aliphatic imine (C=N–C) groups is 1. The number of rotatable bonds is 5. The fraction of sp³-hybridized carbons (Fsp3) is 0.500. The summed E-state index contributed by atoms with van der Waals surface area (Å²) in [6.07, 6.45) is 1.81. The molecule has 0 saturated carbocycles. The molecule has 0 spiro atoms. The Balaban J connectivity index is 0.00000261. The number of fused-ring (bicyclic) bond motifs is 1.